The Labute approximate surface area is 233 Å². The van der Waals surface area contributed by atoms with Crippen molar-refractivity contribution in [3.8, 4) is 5.75 Å². The summed E-state index contributed by atoms with van der Waals surface area (Å²) < 4.78 is 39.9. The Morgan fingerprint density at radius 1 is 1.28 bits per heavy atom. The molecule has 3 aromatic rings. The first kappa shape index (κ1) is 29.8. The molecule has 1 aromatic carbocycles. The van der Waals surface area contributed by atoms with E-state index in [9.17, 15) is 10.2 Å². The maximum Gasteiger partial charge on any atom is 0.313 e. The maximum absolute atomic E-state index is 15.7. The number of aliphatic hydroxyl groups excluding tert-OH is 2. The summed E-state index contributed by atoms with van der Waals surface area (Å²) in [4.78, 5) is 12.0. The number of imidazole rings is 1. The highest BCUT2D eigenvalue weighted by Crippen LogP contribution is 2.49. The number of anilines is 2. The van der Waals surface area contributed by atoms with Crippen molar-refractivity contribution >= 4 is 53.0 Å². The van der Waals surface area contributed by atoms with Gasteiger partial charge in [-0.2, -0.15) is 9.97 Å². The van der Waals surface area contributed by atoms with Crippen LogP contribution in [0.2, 0.25) is 0 Å². The molecule has 4 rings (SSSR count). The van der Waals surface area contributed by atoms with E-state index < -0.39 is 49.1 Å². The zero-order chi connectivity index (χ0) is 28.5. The quantitative estimate of drug-likeness (QED) is 0.122. The number of benzene rings is 1. The summed E-state index contributed by atoms with van der Waals surface area (Å²) in [6, 6.07) is 7.90. The summed E-state index contributed by atoms with van der Waals surface area (Å²) in [5.74, 6) is 0.209. The van der Waals surface area contributed by atoms with Crippen LogP contribution in [0.4, 0.5) is 16.2 Å². The van der Waals surface area contributed by atoms with Crippen molar-refractivity contribution in [2.45, 2.75) is 62.8 Å². The number of nitrogen functional groups attached to an aromatic ring is 2. The topological polar surface area (TPSA) is 185 Å². The summed E-state index contributed by atoms with van der Waals surface area (Å²) in [5, 5.41) is 21.3. The summed E-state index contributed by atoms with van der Waals surface area (Å²) >= 11 is 11.8. The van der Waals surface area contributed by atoms with Crippen LogP contribution in [0.3, 0.4) is 0 Å². The number of nitrogens with one attached hydrogen (secondary N) is 1. The van der Waals surface area contributed by atoms with E-state index in [-0.39, 0.29) is 29.0 Å². The molecule has 0 saturated carbocycles. The second-order valence-electron chi connectivity index (χ2n) is 9.13. The third-order valence-corrected chi connectivity index (χ3v) is 8.61. The number of alkyl halides is 2. The molecule has 1 aliphatic heterocycles. The Bertz CT molecular complexity index is 1340. The van der Waals surface area contributed by atoms with Gasteiger partial charge in [0.2, 0.25) is 5.95 Å². The predicted octanol–water partition coefficient (Wildman–Crippen LogP) is 2.20. The van der Waals surface area contributed by atoms with Crippen LogP contribution in [0.15, 0.2) is 36.7 Å². The summed E-state index contributed by atoms with van der Waals surface area (Å²) in [7, 11) is 0. The number of aliphatic hydroxyl groups is 2. The summed E-state index contributed by atoms with van der Waals surface area (Å²) in [5.41, 5.74) is 11.7. The smallest absolute Gasteiger partial charge is 0.313 e. The molecule has 1 fully saturated rings. The molecule has 0 amide bonds. The highest BCUT2D eigenvalue weighted by Gasteiger charge is 2.58. The number of hydrogen-bond acceptors (Lipinski definition) is 12. The van der Waals surface area contributed by atoms with E-state index >= 15 is 4.39 Å². The second-order valence-corrected chi connectivity index (χ2v) is 12.8. The van der Waals surface area contributed by atoms with Gasteiger partial charge in [-0.1, -0.05) is 29.8 Å². The zero-order valence-electron chi connectivity index (χ0n) is 21.2. The van der Waals surface area contributed by atoms with Gasteiger partial charge in [0.15, 0.2) is 24.0 Å². The third-order valence-electron chi connectivity index (χ3n) is 5.68. The number of aromatic nitrogens is 4. The molecule has 0 bridgehead atoms. The fourth-order valence-electron chi connectivity index (χ4n) is 3.83. The lowest BCUT2D eigenvalue weighted by atomic mass is 10.1. The van der Waals surface area contributed by atoms with E-state index in [0.29, 0.717) is 5.75 Å². The number of hydrogen-bond donors (Lipinski definition) is 5. The van der Waals surface area contributed by atoms with Gasteiger partial charge in [0, 0.05) is 0 Å². The van der Waals surface area contributed by atoms with Gasteiger partial charge in [0.05, 0.1) is 25.1 Å². The highest BCUT2D eigenvalue weighted by atomic mass is 35.5. The Hall–Kier alpha value is -2.20. The van der Waals surface area contributed by atoms with E-state index in [2.05, 4.69) is 20.0 Å². The van der Waals surface area contributed by atoms with Gasteiger partial charge in [-0.25, -0.2) is 14.5 Å². The van der Waals surface area contributed by atoms with Gasteiger partial charge in [-0.05, 0) is 44.7 Å². The van der Waals surface area contributed by atoms with Crippen LogP contribution in [0.5, 0.6) is 5.75 Å². The third kappa shape index (κ3) is 6.59. The fourth-order valence-corrected chi connectivity index (χ4v) is 6.61. The first-order valence-corrected chi connectivity index (χ1v) is 14.9. The monoisotopic (exact) mass is 605 g/mol. The molecule has 39 heavy (non-hydrogen) atoms. The number of ether oxygens (including phenoxy) is 2. The number of fused-ring (bicyclic) bond motifs is 1. The Kier molecular flexibility index (Phi) is 8.95. The number of halogens is 2. The van der Waals surface area contributed by atoms with Gasteiger partial charge in [0.25, 0.3) is 5.13 Å². The minimum Gasteiger partial charge on any atom is -0.433 e. The molecular weight excluding hydrogens is 576 g/mol. The molecular formula is C22H30ClFN7O6PS. The van der Waals surface area contributed by atoms with Crippen molar-refractivity contribution in [2.24, 2.45) is 0 Å². The number of nitrogens with zero attached hydrogens (tertiary/aromatic N) is 4. The molecule has 1 saturated heterocycles. The molecule has 1 unspecified atom stereocenters. The zero-order valence-corrected chi connectivity index (χ0v) is 23.7. The number of nitrogens with two attached hydrogens (primary N) is 2. The van der Waals surface area contributed by atoms with E-state index in [1.165, 1.54) is 6.33 Å². The van der Waals surface area contributed by atoms with Crippen LogP contribution < -0.4 is 21.1 Å². The van der Waals surface area contributed by atoms with Crippen molar-refractivity contribution in [1.82, 2.24) is 24.6 Å². The molecule has 17 heteroatoms. The minimum absolute atomic E-state index is 0.0173. The van der Waals surface area contributed by atoms with E-state index in [1.54, 1.807) is 51.1 Å². The standard InChI is InChI=1S/C22H30ClFN7O6PS/c1-11(2)35-19(33)12(3)30-38(39,37-13-7-5-4-6-8-13)34-9-14-16(32)22(23,24)20(36-14)31-10-27-15-17(25)28-21(26)29-18(15)31/h4-8,10-12,14,16,19-20,32-33H,9H2,1-3H3,(H,30,39)(H4,25,26,28,29)/t12-,14+,16+,19?,20+,22-,38+/m0/s1. The van der Waals surface area contributed by atoms with Crippen LogP contribution in [-0.4, -0.2) is 72.1 Å². The lowest BCUT2D eigenvalue weighted by Gasteiger charge is -2.30. The van der Waals surface area contributed by atoms with Crippen LogP contribution >= 0.6 is 18.2 Å². The molecule has 2 aromatic heterocycles. The fraction of sp³-hybridized carbons (Fsp3) is 0.500. The molecule has 1 aliphatic rings. The number of para-hydroxylation sites is 1. The van der Waals surface area contributed by atoms with Crippen LogP contribution in [0, 0.1) is 0 Å². The highest BCUT2D eigenvalue weighted by molar-refractivity contribution is 8.09. The molecule has 13 nitrogen and oxygen atoms in total. The molecule has 0 radical (unpaired) electrons. The minimum atomic E-state index is -3.43. The van der Waals surface area contributed by atoms with Crippen LogP contribution in [0.1, 0.15) is 27.0 Å². The molecule has 3 heterocycles. The second kappa shape index (κ2) is 11.7. The van der Waals surface area contributed by atoms with Gasteiger partial charge >= 0.3 is 6.64 Å². The largest absolute Gasteiger partial charge is 0.433 e. The molecule has 7 N–H and O–H groups in total. The summed E-state index contributed by atoms with van der Waals surface area (Å²) in [6.45, 7) is 1.32. The van der Waals surface area contributed by atoms with Gasteiger partial charge in [0.1, 0.15) is 23.5 Å². The normalized spacial score (nSPS) is 26.5. The van der Waals surface area contributed by atoms with E-state index in [1.807, 2.05) is 0 Å². The Morgan fingerprint density at radius 3 is 2.64 bits per heavy atom. The Morgan fingerprint density at radius 2 is 1.97 bits per heavy atom. The van der Waals surface area contributed by atoms with Gasteiger partial charge in [-0.15, -0.1) is 0 Å². The van der Waals surface area contributed by atoms with Gasteiger partial charge < -0.3 is 40.2 Å². The van der Waals surface area contributed by atoms with Gasteiger partial charge in [-0.3, -0.25) is 4.57 Å². The van der Waals surface area contributed by atoms with Crippen LogP contribution in [-0.2, 0) is 25.8 Å². The average molecular weight is 606 g/mol. The van der Waals surface area contributed by atoms with E-state index in [0.717, 1.165) is 4.57 Å². The molecule has 0 aliphatic carbocycles. The van der Waals surface area contributed by atoms with Crippen molar-refractivity contribution in [2.75, 3.05) is 18.1 Å². The van der Waals surface area contributed by atoms with Crippen molar-refractivity contribution in [3.63, 3.8) is 0 Å². The average Bonchev–Trinajstić information content (AvgIpc) is 3.36. The molecule has 0 spiro atoms. The molecule has 214 valence electrons. The number of rotatable bonds is 11. The lowest BCUT2D eigenvalue weighted by Crippen LogP contribution is -2.41. The SMILES string of the molecule is CC(C)OC(O)[C@H](C)N[P@@](=S)(OC[C@H]1O[C@@H](n2cnc3c(N)nc(N)nc32)[C@](F)(Cl)[C@@H]1O)Oc1ccccc1. The molecule has 7 atom stereocenters. The van der Waals surface area contributed by atoms with Crippen LogP contribution in [0.25, 0.3) is 11.2 Å². The van der Waals surface area contributed by atoms with E-state index in [4.69, 9.17) is 53.4 Å². The Balaban J connectivity index is 1.55. The van der Waals surface area contributed by atoms with Crippen molar-refractivity contribution in [3.05, 3.63) is 36.7 Å². The van der Waals surface area contributed by atoms with Crippen molar-refractivity contribution in [1.29, 1.82) is 0 Å². The lowest BCUT2D eigenvalue weighted by molar-refractivity contribution is -0.137. The summed E-state index contributed by atoms with van der Waals surface area (Å²) in [6.07, 6.45) is -5.01. The predicted molar refractivity (Wildman–Crippen MR) is 146 cm³/mol. The van der Waals surface area contributed by atoms with Crippen molar-refractivity contribution < 1.29 is 33.1 Å². The maximum atomic E-state index is 15.7. The first-order chi connectivity index (χ1) is 18.3. The first-order valence-electron chi connectivity index (χ1n) is 11.9.